The molecule has 0 atom stereocenters. The smallest absolute Gasteiger partial charge is 0.277 e. The van der Waals surface area contributed by atoms with Crippen LogP contribution in [0.2, 0.25) is 0 Å². The maximum atomic E-state index is 11.8. The van der Waals surface area contributed by atoms with Gasteiger partial charge in [-0.25, -0.2) is 5.06 Å². The van der Waals surface area contributed by atoms with E-state index in [9.17, 15) is 4.79 Å². The number of aryl methyl sites for hydroxylation is 1. The van der Waals surface area contributed by atoms with Gasteiger partial charge in [-0.05, 0) is 37.2 Å². The highest BCUT2D eigenvalue weighted by Gasteiger charge is 2.11. The highest BCUT2D eigenvalue weighted by Crippen LogP contribution is 2.12. The second kappa shape index (κ2) is 8.66. The number of nitrogens with one attached hydrogen (secondary N) is 1. The zero-order valence-electron chi connectivity index (χ0n) is 12.2. The predicted molar refractivity (Wildman–Crippen MR) is 74.4 cm³/mol. The van der Waals surface area contributed by atoms with Crippen LogP contribution in [0.1, 0.15) is 35.3 Å². The highest BCUT2D eigenvalue weighted by molar-refractivity contribution is 5.93. The third kappa shape index (κ3) is 4.47. The van der Waals surface area contributed by atoms with Crippen LogP contribution in [0.25, 0.3) is 0 Å². The van der Waals surface area contributed by atoms with Crippen molar-refractivity contribution in [1.82, 2.24) is 10.4 Å². The van der Waals surface area contributed by atoms with Crippen LogP contribution in [0.15, 0.2) is 18.2 Å². The average molecular weight is 252 g/mol. The summed E-state index contributed by atoms with van der Waals surface area (Å²) in [4.78, 5) is 16.6. The molecule has 0 bridgehead atoms. The van der Waals surface area contributed by atoms with E-state index in [2.05, 4.69) is 5.32 Å². The quantitative estimate of drug-likeness (QED) is 0.836. The van der Waals surface area contributed by atoms with Crippen molar-refractivity contribution in [2.45, 2.75) is 27.3 Å². The predicted octanol–water partition coefficient (Wildman–Crippen LogP) is 2.37. The van der Waals surface area contributed by atoms with Gasteiger partial charge >= 0.3 is 0 Å². The van der Waals surface area contributed by atoms with E-state index in [1.54, 1.807) is 7.05 Å². The van der Waals surface area contributed by atoms with Crippen LogP contribution in [-0.2, 0) is 11.4 Å². The molecule has 1 aromatic carbocycles. The summed E-state index contributed by atoms with van der Waals surface area (Å²) >= 11 is 0. The maximum absolute atomic E-state index is 11.8. The molecule has 0 unspecified atom stereocenters. The van der Waals surface area contributed by atoms with Gasteiger partial charge in [0.05, 0.1) is 7.11 Å². The summed E-state index contributed by atoms with van der Waals surface area (Å²) in [6, 6.07) is 5.66. The van der Waals surface area contributed by atoms with Crippen LogP contribution in [0, 0.1) is 6.92 Å². The molecule has 0 aromatic heterocycles. The number of nitrogens with zero attached hydrogens (tertiary/aromatic N) is 1. The summed E-state index contributed by atoms with van der Waals surface area (Å²) in [5.74, 6) is -0.137. The normalized spacial score (nSPS) is 9.44. The number of hydroxylamine groups is 2. The number of hydrogen-bond donors (Lipinski definition) is 1. The zero-order chi connectivity index (χ0) is 14.1. The molecular formula is C14H24N2O2. The van der Waals surface area contributed by atoms with Crippen molar-refractivity contribution >= 4 is 5.91 Å². The van der Waals surface area contributed by atoms with Gasteiger partial charge in [-0.1, -0.05) is 19.9 Å². The van der Waals surface area contributed by atoms with E-state index in [4.69, 9.17) is 4.84 Å². The van der Waals surface area contributed by atoms with Crippen LogP contribution in [0.4, 0.5) is 0 Å². The van der Waals surface area contributed by atoms with E-state index >= 15 is 0 Å². The molecule has 0 saturated carbocycles. The van der Waals surface area contributed by atoms with Crippen LogP contribution >= 0.6 is 0 Å². The average Bonchev–Trinajstić information content (AvgIpc) is 2.41. The molecule has 1 N–H and O–H groups in total. The first-order valence-corrected chi connectivity index (χ1v) is 6.16. The van der Waals surface area contributed by atoms with Crippen molar-refractivity contribution < 1.29 is 9.63 Å². The molecule has 0 saturated heterocycles. The highest BCUT2D eigenvalue weighted by atomic mass is 16.7. The Kier molecular flexibility index (Phi) is 8.00. The van der Waals surface area contributed by atoms with E-state index in [-0.39, 0.29) is 5.91 Å². The first-order valence-electron chi connectivity index (χ1n) is 6.16. The van der Waals surface area contributed by atoms with Crippen LogP contribution in [0.3, 0.4) is 0 Å². The van der Waals surface area contributed by atoms with E-state index in [0.29, 0.717) is 5.56 Å². The number of rotatable bonds is 4. The standard InChI is InChI=1S/C12H18N2O2.C2H6/c1-9-7-10(12(15)14(3)16-4)5-6-11(9)8-13-2;1-2/h5-7,13H,8H2,1-4H3;1-2H3. The summed E-state index contributed by atoms with van der Waals surface area (Å²) in [5, 5.41) is 4.30. The first kappa shape index (κ1) is 16.6. The second-order valence-electron chi connectivity index (χ2n) is 3.66. The van der Waals surface area contributed by atoms with Gasteiger partial charge in [0.2, 0.25) is 0 Å². The fraction of sp³-hybridized carbons (Fsp3) is 0.500. The Balaban J connectivity index is 0.00000137. The minimum Gasteiger partial charge on any atom is -0.316 e. The number of benzene rings is 1. The number of carbonyl (C=O) groups is 1. The van der Waals surface area contributed by atoms with Crippen molar-refractivity contribution in [3.8, 4) is 0 Å². The van der Waals surface area contributed by atoms with Gasteiger partial charge in [0.15, 0.2) is 0 Å². The number of carbonyl (C=O) groups excluding carboxylic acids is 1. The molecule has 1 rings (SSSR count). The van der Waals surface area contributed by atoms with Crippen molar-refractivity contribution in [2.75, 3.05) is 21.2 Å². The van der Waals surface area contributed by atoms with Crippen molar-refractivity contribution in [2.24, 2.45) is 0 Å². The zero-order valence-corrected chi connectivity index (χ0v) is 12.2. The van der Waals surface area contributed by atoms with Gasteiger partial charge in [-0.15, -0.1) is 0 Å². The molecule has 0 aliphatic heterocycles. The first-order chi connectivity index (χ1) is 8.60. The summed E-state index contributed by atoms with van der Waals surface area (Å²) in [6.07, 6.45) is 0. The van der Waals surface area contributed by atoms with E-state index in [1.165, 1.54) is 17.7 Å². The largest absolute Gasteiger partial charge is 0.316 e. The lowest BCUT2D eigenvalue weighted by molar-refractivity contribution is -0.0757. The summed E-state index contributed by atoms with van der Waals surface area (Å²) in [5.41, 5.74) is 2.94. The second-order valence-corrected chi connectivity index (χ2v) is 3.66. The monoisotopic (exact) mass is 252 g/mol. The Hall–Kier alpha value is -1.39. The van der Waals surface area contributed by atoms with Crippen molar-refractivity contribution in [3.05, 3.63) is 34.9 Å². The Labute approximate surface area is 110 Å². The van der Waals surface area contributed by atoms with Crippen LogP contribution in [0.5, 0.6) is 0 Å². The summed E-state index contributed by atoms with van der Waals surface area (Å²) in [7, 11) is 4.97. The lowest BCUT2D eigenvalue weighted by atomic mass is 10.0. The molecule has 0 aliphatic carbocycles. The van der Waals surface area contributed by atoms with Gasteiger partial charge in [0, 0.05) is 19.2 Å². The fourth-order valence-corrected chi connectivity index (χ4v) is 1.48. The molecule has 18 heavy (non-hydrogen) atoms. The molecule has 0 fully saturated rings. The molecule has 102 valence electrons. The lowest BCUT2D eigenvalue weighted by Gasteiger charge is -2.14. The van der Waals surface area contributed by atoms with Crippen molar-refractivity contribution in [1.29, 1.82) is 0 Å². The lowest BCUT2D eigenvalue weighted by Crippen LogP contribution is -2.25. The van der Waals surface area contributed by atoms with Crippen LogP contribution < -0.4 is 5.32 Å². The molecule has 4 nitrogen and oxygen atoms in total. The van der Waals surface area contributed by atoms with Crippen molar-refractivity contribution in [3.63, 3.8) is 0 Å². The van der Waals surface area contributed by atoms with Gasteiger partial charge in [-0.3, -0.25) is 9.63 Å². The van der Waals surface area contributed by atoms with Gasteiger partial charge in [0.25, 0.3) is 5.91 Å². The Morgan fingerprint density at radius 2 is 2.00 bits per heavy atom. The van der Waals surface area contributed by atoms with Gasteiger partial charge in [-0.2, -0.15) is 0 Å². The third-order valence-corrected chi connectivity index (χ3v) is 2.52. The maximum Gasteiger partial charge on any atom is 0.277 e. The summed E-state index contributed by atoms with van der Waals surface area (Å²) in [6.45, 7) is 6.80. The Morgan fingerprint density at radius 1 is 1.39 bits per heavy atom. The van der Waals surface area contributed by atoms with Gasteiger partial charge in [0.1, 0.15) is 0 Å². The SMILES string of the molecule is CC.CNCc1ccc(C(=O)N(C)OC)cc1C. The Morgan fingerprint density at radius 3 is 2.44 bits per heavy atom. The number of hydrogen-bond acceptors (Lipinski definition) is 3. The molecule has 1 aromatic rings. The minimum absolute atomic E-state index is 0.137. The Bertz CT molecular complexity index is 378. The molecule has 4 heteroatoms. The van der Waals surface area contributed by atoms with E-state index in [0.717, 1.165) is 12.1 Å². The fourth-order valence-electron chi connectivity index (χ4n) is 1.48. The molecular weight excluding hydrogens is 228 g/mol. The number of amides is 1. The van der Waals surface area contributed by atoms with Crippen LogP contribution in [-0.4, -0.2) is 32.2 Å². The van der Waals surface area contributed by atoms with E-state index < -0.39 is 0 Å². The molecule has 1 amide bonds. The molecule has 0 radical (unpaired) electrons. The van der Waals surface area contributed by atoms with E-state index in [1.807, 2.05) is 46.0 Å². The summed E-state index contributed by atoms with van der Waals surface area (Å²) < 4.78 is 0. The minimum atomic E-state index is -0.137. The topological polar surface area (TPSA) is 41.6 Å². The molecule has 0 spiro atoms. The third-order valence-electron chi connectivity index (χ3n) is 2.52. The molecule has 0 aliphatic rings. The van der Waals surface area contributed by atoms with Gasteiger partial charge < -0.3 is 5.32 Å². The molecule has 0 heterocycles.